The molecular formula is C26H27N3O2. The smallest absolute Gasteiger partial charge is 0.254 e. The van der Waals surface area contributed by atoms with E-state index >= 15 is 0 Å². The fourth-order valence-corrected chi connectivity index (χ4v) is 4.82. The topological polar surface area (TPSA) is 61.8 Å². The summed E-state index contributed by atoms with van der Waals surface area (Å²) < 4.78 is 0. The molecule has 1 unspecified atom stereocenters. The van der Waals surface area contributed by atoms with Crippen molar-refractivity contribution in [3.05, 3.63) is 70.8 Å². The first-order chi connectivity index (χ1) is 15.2. The van der Waals surface area contributed by atoms with Gasteiger partial charge in [-0.2, -0.15) is 0 Å². The Bertz CT molecular complexity index is 1080. The Hall–Kier alpha value is -3.21. The van der Waals surface area contributed by atoms with Crippen molar-refractivity contribution in [1.29, 1.82) is 0 Å². The van der Waals surface area contributed by atoms with E-state index in [9.17, 15) is 9.59 Å². The van der Waals surface area contributed by atoms with Gasteiger partial charge in [-0.25, -0.2) is 0 Å². The monoisotopic (exact) mass is 413 g/mol. The van der Waals surface area contributed by atoms with Crippen molar-refractivity contribution in [2.24, 2.45) is 4.99 Å². The molecule has 2 aromatic carbocycles. The Kier molecular flexibility index (Phi) is 5.18. The van der Waals surface area contributed by atoms with E-state index in [1.807, 2.05) is 54.7 Å². The Morgan fingerprint density at radius 3 is 2.52 bits per heavy atom. The number of amides is 2. The van der Waals surface area contributed by atoms with Gasteiger partial charge < -0.3 is 10.2 Å². The number of carbonyl (C=O) groups excluding carboxylic acids is 2. The van der Waals surface area contributed by atoms with Crippen LogP contribution in [0.25, 0.3) is 11.1 Å². The number of benzene rings is 2. The highest BCUT2D eigenvalue weighted by Crippen LogP contribution is 2.37. The molecule has 2 aliphatic carbocycles. The zero-order valence-corrected chi connectivity index (χ0v) is 17.8. The van der Waals surface area contributed by atoms with Crippen LogP contribution in [0.2, 0.25) is 0 Å². The minimum absolute atomic E-state index is 0.114. The first kappa shape index (κ1) is 19.7. The number of carbonyl (C=O) groups is 2. The van der Waals surface area contributed by atoms with E-state index in [0.29, 0.717) is 17.2 Å². The van der Waals surface area contributed by atoms with Crippen LogP contribution in [-0.4, -0.2) is 48.6 Å². The second-order valence-electron chi connectivity index (χ2n) is 8.64. The molecule has 1 aliphatic heterocycles. The van der Waals surface area contributed by atoms with Crippen LogP contribution in [0.3, 0.4) is 0 Å². The summed E-state index contributed by atoms with van der Waals surface area (Å²) in [6.07, 6.45) is 7.21. The quantitative estimate of drug-likeness (QED) is 0.797. The maximum Gasteiger partial charge on any atom is 0.254 e. The molecule has 5 rings (SSSR count). The summed E-state index contributed by atoms with van der Waals surface area (Å²) in [4.78, 5) is 32.3. The fourth-order valence-electron chi connectivity index (χ4n) is 4.82. The van der Waals surface area contributed by atoms with E-state index in [1.165, 1.54) is 11.1 Å². The Morgan fingerprint density at radius 1 is 1.00 bits per heavy atom. The predicted octanol–water partition coefficient (Wildman–Crippen LogP) is 4.25. The number of rotatable bonds is 5. The van der Waals surface area contributed by atoms with E-state index in [1.54, 1.807) is 7.05 Å². The minimum Gasteiger partial charge on any atom is -0.355 e. The Labute approximate surface area is 182 Å². The Morgan fingerprint density at radius 2 is 1.77 bits per heavy atom. The van der Waals surface area contributed by atoms with Crippen LogP contribution < -0.4 is 5.32 Å². The molecule has 0 bridgehead atoms. The number of nitrogens with zero attached hydrogens (tertiary/aromatic N) is 2. The highest BCUT2D eigenvalue weighted by molar-refractivity contribution is 6.01. The Balaban J connectivity index is 1.39. The van der Waals surface area contributed by atoms with Gasteiger partial charge in [0.25, 0.3) is 11.8 Å². The van der Waals surface area contributed by atoms with Crippen molar-refractivity contribution in [2.75, 3.05) is 13.6 Å². The van der Waals surface area contributed by atoms with Crippen molar-refractivity contribution in [3.63, 3.8) is 0 Å². The van der Waals surface area contributed by atoms with Gasteiger partial charge in [0, 0.05) is 36.5 Å². The molecule has 5 heteroatoms. The summed E-state index contributed by atoms with van der Waals surface area (Å²) >= 11 is 0. The molecule has 1 saturated carbocycles. The standard InChI is InChI=1S/C26H27N3O2/c1-27-25(30)24-5-3-2-4-23(24)17-6-8-18(9-7-17)26(31)29(21-12-13-21)22-11-10-19-15-28-16-20(19)14-22/h2-9,16,21-22H,10-15H2,1H3,(H,27,30). The van der Waals surface area contributed by atoms with Crippen LogP contribution in [0.5, 0.6) is 0 Å². The second-order valence-corrected chi connectivity index (χ2v) is 8.64. The third-order valence-electron chi connectivity index (χ3n) is 6.63. The molecule has 1 N–H and O–H groups in total. The molecule has 2 amide bonds. The SMILES string of the molecule is CNC(=O)c1ccccc1-c1ccc(C(=O)N(C2CC2)C2CCC3=C(C=NC3)C2)cc1. The first-order valence-corrected chi connectivity index (χ1v) is 11.1. The van der Waals surface area contributed by atoms with E-state index in [4.69, 9.17) is 0 Å². The fraction of sp³-hybridized carbons (Fsp3) is 0.346. The van der Waals surface area contributed by atoms with E-state index < -0.39 is 0 Å². The predicted molar refractivity (Wildman–Crippen MR) is 122 cm³/mol. The van der Waals surface area contributed by atoms with Gasteiger partial charge >= 0.3 is 0 Å². The van der Waals surface area contributed by atoms with Crippen LogP contribution in [-0.2, 0) is 0 Å². The van der Waals surface area contributed by atoms with Gasteiger partial charge in [0.1, 0.15) is 0 Å². The molecule has 1 atom stereocenters. The average Bonchev–Trinajstić information content (AvgIpc) is 3.54. The molecule has 158 valence electrons. The molecule has 0 aromatic heterocycles. The van der Waals surface area contributed by atoms with Crippen molar-refractivity contribution < 1.29 is 9.59 Å². The summed E-state index contributed by atoms with van der Waals surface area (Å²) in [7, 11) is 1.63. The minimum atomic E-state index is -0.114. The number of nitrogens with one attached hydrogen (secondary N) is 1. The van der Waals surface area contributed by atoms with Gasteiger partial charge in [0.15, 0.2) is 0 Å². The molecule has 0 radical (unpaired) electrons. The van der Waals surface area contributed by atoms with E-state index in [2.05, 4.69) is 15.2 Å². The molecule has 0 saturated heterocycles. The molecule has 1 fully saturated rings. The summed E-state index contributed by atoms with van der Waals surface area (Å²) in [6.45, 7) is 0.846. The lowest BCUT2D eigenvalue weighted by Gasteiger charge is -2.35. The van der Waals surface area contributed by atoms with E-state index in [0.717, 1.165) is 49.8 Å². The largest absolute Gasteiger partial charge is 0.355 e. The first-order valence-electron chi connectivity index (χ1n) is 11.1. The van der Waals surface area contributed by atoms with Crippen LogP contribution in [0.15, 0.2) is 64.7 Å². The van der Waals surface area contributed by atoms with Crippen molar-refractivity contribution in [3.8, 4) is 11.1 Å². The summed E-state index contributed by atoms with van der Waals surface area (Å²) in [5.41, 5.74) is 5.95. The number of hydrogen-bond acceptors (Lipinski definition) is 3. The molecular weight excluding hydrogens is 386 g/mol. The van der Waals surface area contributed by atoms with Crippen molar-refractivity contribution in [2.45, 2.75) is 44.2 Å². The van der Waals surface area contributed by atoms with Gasteiger partial charge in [0.05, 0.1) is 6.54 Å². The van der Waals surface area contributed by atoms with Crippen molar-refractivity contribution >= 4 is 18.0 Å². The molecule has 1 heterocycles. The molecule has 2 aromatic rings. The summed E-state index contributed by atoms with van der Waals surface area (Å²) in [6, 6.07) is 15.9. The lowest BCUT2D eigenvalue weighted by Crippen LogP contribution is -2.43. The number of hydrogen-bond donors (Lipinski definition) is 1. The third kappa shape index (κ3) is 3.80. The number of aliphatic imine (C=N–C) groups is 1. The van der Waals surface area contributed by atoms with Crippen LogP contribution in [0, 0.1) is 0 Å². The maximum atomic E-state index is 13.5. The van der Waals surface area contributed by atoms with E-state index in [-0.39, 0.29) is 17.9 Å². The summed E-state index contributed by atoms with van der Waals surface area (Å²) in [5, 5.41) is 2.69. The molecule has 31 heavy (non-hydrogen) atoms. The average molecular weight is 414 g/mol. The lowest BCUT2D eigenvalue weighted by atomic mass is 9.88. The molecule has 0 spiro atoms. The normalized spacial score (nSPS) is 19.8. The van der Waals surface area contributed by atoms with Crippen molar-refractivity contribution in [1.82, 2.24) is 10.2 Å². The van der Waals surface area contributed by atoms with Crippen LogP contribution in [0.1, 0.15) is 52.8 Å². The third-order valence-corrected chi connectivity index (χ3v) is 6.63. The lowest BCUT2D eigenvalue weighted by molar-refractivity contribution is 0.0645. The molecule has 5 nitrogen and oxygen atoms in total. The van der Waals surface area contributed by atoms with Gasteiger partial charge in [-0.05, 0) is 72.6 Å². The highest BCUT2D eigenvalue weighted by atomic mass is 16.2. The van der Waals surface area contributed by atoms with Gasteiger partial charge in [0.2, 0.25) is 0 Å². The van der Waals surface area contributed by atoms with Crippen LogP contribution >= 0.6 is 0 Å². The maximum absolute atomic E-state index is 13.5. The second kappa shape index (κ2) is 8.14. The zero-order chi connectivity index (χ0) is 21.4. The molecule has 3 aliphatic rings. The van der Waals surface area contributed by atoms with Gasteiger partial charge in [-0.15, -0.1) is 0 Å². The van der Waals surface area contributed by atoms with Crippen LogP contribution in [0.4, 0.5) is 0 Å². The zero-order valence-electron chi connectivity index (χ0n) is 17.8. The highest BCUT2D eigenvalue weighted by Gasteiger charge is 2.39. The van der Waals surface area contributed by atoms with Gasteiger partial charge in [-0.1, -0.05) is 30.3 Å². The van der Waals surface area contributed by atoms with Gasteiger partial charge in [-0.3, -0.25) is 14.6 Å². The summed E-state index contributed by atoms with van der Waals surface area (Å²) in [5.74, 6) is 0.00899.